The molecule has 1 aliphatic rings. The number of rotatable bonds is 2. The summed E-state index contributed by atoms with van der Waals surface area (Å²) in [6, 6.07) is 0.675. The Morgan fingerprint density at radius 1 is 1.73 bits per heavy atom. The number of aryl methyl sites for hydroxylation is 1. The molecule has 0 aromatic carbocycles. The standard InChI is InChI=1S/C8H13N3/c1-6-7(4-9)5-11(10-6)8-2-3-8/h5,8H,2-4,9H2,1H3. The van der Waals surface area contributed by atoms with Crippen molar-refractivity contribution in [3.05, 3.63) is 17.5 Å². The minimum absolute atomic E-state index is 0.610. The van der Waals surface area contributed by atoms with E-state index in [2.05, 4.69) is 16.0 Å². The predicted molar refractivity (Wildman–Crippen MR) is 43.1 cm³/mol. The largest absolute Gasteiger partial charge is 0.326 e. The van der Waals surface area contributed by atoms with Crippen LogP contribution in [0.4, 0.5) is 0 Å². The fraction of sp³-hybridized carbons (Fsp3) is 0.625. The Morgan fingerprint density at radius 3 is 2.91 bits per heavy atom. The molecule has 1 aromatic heterocycles. The van der Waals surface area contributed by atoms with Crippen molar-refractivity contribution in [3.8, 4) is 0 Å². The van der Waals surface area contributed by atoms with Crippen LogP contribution in [0, 0.1) is 6.92 Å². The molecular formula is C8H13N3. The maximum Gasteiger partial charge on any atom is 0.0638 e. The van der Waals surface area contributed by atoms with E-state index in [1.807, 2.05) is 6.92 Å². The average Bonchev–Trinajstić information content (AvgIpc) is 2.76. The van der Waals surface area contributed by atoms with Crippen molar-refractivity contribution in [2.75, 3.05) is 0 Å². The topological polar surface area (TPSA) is 43.8 Å². The lowest BCUT2D eigenvalue weighted by Gasteiger charge is -1.92. The first-order valence-electron chi connectivity index (χ1n) is 4.06. The molecule has 1 aromatic rings. The third-order valence-corrected chi connectivity index (χ3v) is 2.16. The van der Waals surface area contributed by atoms with E-state index >= 15 is 0 Å². The van der Waals surface area contributed by atoms with Crippen LogP contribution in [-0.4, -0.2) is 9.78 Å². The molecule has 60 valence electrons. The SMILES string of the molecule is Cc1nn(C2CC2)cc1CN. The van der Waals surface area contributed by atoms with E-state index in [0.717, 1.165) is 5.69 Å². The summed E-state index contributed by atoms with van der Waals surface area (Å²) >= 11 is 0. The van der Waals surface area contributed by atoms with Gasteiger partial charge in [0.05, 0.1) is 11.7 Å². The molecule has 11 heavy (non-hydrogen) atoms. The van der Waals surface area contributed by atoms with Gasteiger partial charge in [-0.25, -0.2) is 0 Å². The van der Waals surface area contributed by atoms with Crippen LogP contribution in [0.3, 0.4) is 0 Å². The van der Waals surface area contributed by atoms with E-state index in [-0.39, 0.29) is 0 Å². The van der Waals surface area contributed by atoms with Gasteiger partial charge in [0.2, 0.25) is 0 Å². The number of hydrogen-bond donors (Lipinski definition) is 1. The van der Waals surface area contributed by atoms with E-state index in [9.17, 15) is 0 Å². The second-order valence-electron chi connectivity index (χ2n) is 3.16. The first-order chi connectivity index (χ1) is 5.31. The fourth-order valence-corrected chi connectivity index (χ4v) is 1.25. The van der Waals surface area contributed by atoms with Gasteiger partial charge >= 0.3 is 0 Å². The van der Waals surface area contributed by atoms with Crippen molar-refractivity contribution in [2.45, 2.75) is 32.4 Å². The molecule has 0 radical (unpaired) electrons. The molecule has 0 atom stereocenters. The summed E-state index contributed by atoms with van der Waals surface area (Å²) in [5.41, 5.74) is 7.79. The Bertz CT molecular complexity index is 260. The molecule has 0 spiro atoms. The number of nitrogens with two attached hydrogens (primary N) is 1. The molecule has 2 N–H and O–H groups in total. The van der Waals surface area contributed by atoms with E-state index in [4.69, 9.17) is 5.73 Å². The van der Waals surface area contributed by atoms with Crippen LogP contribution >= 0.6 is 0 Å². The highest BCUT2D eigenvalue weighted by Crippen LogP contribution is 2.34. The summed E-state index contributed by atoms with van der Waals surface area (Å²) in [4.78, 5) is 0. The molecular weight excluding hydrogens is 138 g/mol. The minimum atomic E-state index is 0.610. The fourth-order valence-electron chi connectivity index (χ4n) is 1.25. The van der Waals surface area contributed by atoms with Crippen molar-refractivity contribution in [1.82, 2.24) is 9.78 Å². The molecule has 0 bridgehead atoms. The monoisotopic (exact) mass is 151 g/mol. The van der Waals surface area contributed by atoms with Crippen LogP contribution in [0.15, 0.2) is 6.20 Å². The summed E-state index contributed by atoms with van der Waals surface area (Å²) in [6.07, 6.45) is 4.64. The first-order valence-corrected chi connectivity index (χ1v) is 4.06. The van der Waals surface area contributed by atoms with Gasteiger partial charge in [0.1, 0.15) is 0 Å². The Balaban J connectivity index is 2.28. The normalized spacial score (nSPS) is 17.3. The Labute approximate surface area is 66.2 Å². The minimum Gasteiger partial charge on any atom is -0.326 e. The molecule has 1 saturated carbocycles. The number of hydrogen-bond acceptors (Lipinski definition) is 2. The zero-order valence-electron chi connectivity index (χ0n) is 6.75. The molecule has 2 rings (SSSR count). The Hall–Kier alpha value is -0.830. The maximum atomic E-state index is 5.53. The van der Waals surface area contributed by atoms with Gasteiger partial charge in [-0.05, 0) is 19.8 Å². The Morgan fingerprint density at radius 2 is 2.45 bits per heavy atom. The van der Waals surface area contributed by atoms with Gasteiger partial charge in [-0.1, -0.05) is 0 Å². The molecule has 1 fully saturated rings. The van der Waals surface area contributed by atoms with Crippen LogP contribution in [0.25, 0.3) is 0 Å². The van der Waals surface area contributed by atoms with E-state index in [1.165, 1.54) is 18.4 Å². The summed E-state index contributed by atoms with van der Waals surface area (Å²) in [5.74, 6) is 0. The van der Waals surface area contributed by atoms with Gasteiger partial charge in [-0.15, -0.1) is 0 Å². The quantitative estimate of drug-likeness (QED) is 0.684. The zero-order chi connectivity index (χ0) is 7.84. The second kappa shape index (κ2) is 2.34. The Kier molecular flexibility index (Phi) is 1.46. The maximum absolute atomic E-state index is 5.53. The molecule has 0 unspecified atom stereocenters. The first kappa shape index (κ1) is 6.85. The zero-order valence-corrected chi connectivity index (χ0v) is 6.75. The van der Waals surface area contributed by atoms with Crippen molar-refractivity contribution >= 4 is 0 Å². The van der Waals surface area contributed by atoms with Crippen molar-refractivity contribution in [2.24, 2.45) is 5.73 Å². The molecule has 1 aliphatic carbocycles. The molecule has 0 saturated heterocycles. The van der Waals surface area contributed by atoms with Crippen LogP contribution < -0.4 is 5.73 Å². The number of aromatic nitrogens is 2. The molecule has 1 heterocycles. The lowest BCUT2D eigenvalue weighted by molar-refractivity contribution is 0.635. The summed E-state index contributed by atoms with van der Waals surface area (Å²) in [5, 5.41) is 4.38. The lowest BCUT2D eigenvalue weighted by atomic mass is 10.3. The molecule has 0 amide bonds. The van der Waals surface area contributed by atoms with E-state index in [0.29, 0.717) is 12.6 Å². The van der Waals surface area contributed by atoms with Crippen LogP contribution in [0.1, 0.15) is 30.1 Å². The third-order valence-electron chi connectivity index (χ3n) is 2.16. The van der Waals surface area contributed by atoms with Crippen molar-refractivity contribution < 1.29 is 0 Å². The van der Waals surface area contributed by atoms with Gasteiger partial charge in [-0.3, -0.25) is 4.68 Å². The summed E-state index contributed by atoms with van der Waals surface area (Å²) in [6.45, 7) is 2.62. The smallest absolute Gasteiger partial charge is 0.0638 e. The summed E-state index contributed by atoms with van der Waals surface area (Å²) < 4.78 is 2.05. The van der Waals surface area contributed by atoms with Gasteiger partial charge in [0.15, 0.2) is 0 Å². The van der Waals surface area contributed by atoms with Gasteiger partial charge in [0.25, 0.3) is 0 Å². The highest BCUT2D eigenvalue weighted by molar-refractivity contribution is 5.15. The summed E-state index contributed by atoms with van der Waals surface area (Å²) in [7, 11) is 0. The second-order valence-corrected chi connectivity index (χ2v) is 3.16. The van der Waals surface area contributed by atoms with Gasteiger partial charge in [-0.2, -0.15) is 5.10 Å². The van der Waals surface area contributed by atoms with E-state index in [1.54, 1.807) is 0 Å². The van der Waals surface area contributed by atoms with Crippen LogP contribution in [-0.2, 0) is 6.54 Å². The van der Waals surface area contributed by atoms with Crippen molar-refractivity contribution in [3.63, 3.8) is 0 Å². The third kappa shape index (κ3) is 1.16. The molecule has 0 aliphatic heterocycles. The molecule has 3 heteroatoms. The van der Waals surface area contributed by atoms with Gasteiger partial charge in [0, 0.05) is 18.3 Å². The molecule has 3 nitrogen and oxygen atoms in total. The average molecular weight is 151 g/mol. The van der Waals surface area contributed by atoms with Crippen LogP contribution in [0.2, 0.25) is 0 Å². The lowest BCUT2D eigenvalue weighted by Crippen LogP contribution is -1.95. The highest BCUT2D eigenvalue weighted by atomic mass is 15.3. The predicted octanol–water partition coefficient (Wildman–Crippen LogP) is 0.985. The van der Waals surface area contributed by atoms with Crippen molar-refractivity contribution in [1.29, 1.82) is 0 Å². The van der Waals surface area contributed by atoms with E-state index < -0.39 is 0 Å². The highest BCUT2D eigenvalue weighted by Gasteiger charge is 2.24. The number of nitrogens with zero attached hydrogens (tertiary/aromatic N) is 2. The van der Waals surface area contributed by atoms with Crippen LogP contribution in [0.5, 0.6) is 0 Å². The van der Waals surface area contributed by atoms with Gasteiger partial charge < -0.3 is 5.73 Å².